The Balaban J connectivity index is 1.55. The molecule has 0 spiro atoms. The first kappa shape index (κ1) is 22.8. The van der Waals surface area contributed by atoms with Crippen LogP contribution < -0.4 is 14.9 Å². The first-order chi connectivity index (χ1) is 15.0. The van der Waals surface area contributed by atoms with Crippen molar-refractivity contribution in [3.63, 3.8) is 0 Å². The quantitative estimate of drug-likeness (QED) is 0.312. The number of hydrogen-bond donors (Lipinski definition) is 1. The van der Waals surface area contributed by atoms with E-state index in [1.807, 2.05) is 68.4 Å². The van der Waals surface area contributed by atoms with Gasteiger partial charge in [-0.1, -0.05) is 54.1 Å². The normalized spacial score (nSPS) is 10.8. The first-order valence-corrected chi connectivity index (χ1v) is 10.8. The fourth-order valence-corrected chi connectivity index (χ4v) is 3.50. The Labute approximate surface area is 195 Å². The van der Waals surface area contributed by atoms with Gasteiger partial charge in [-0.3, -0.25) is 4.79 Å². The van der Waals surface area contributed by atoms with E-state index in [0.29, 0.717) is 23.1 Å². The second-order valence-corrected chi connectivity index (χ2v) is 8.01. The number of para-hydroxylation sites is 1. The Hall–Kier alpha value is -2.83. The van der Waals surface area contributed by atoms with Crippen molar-refractivity contribution in [3.8, 4) is 11.5 Å². The Bertz CT molecular complexity index is 1090. The molecule has 0 aliphatic carbocycles. The Morgan fingerprint density at radius 1 is 1.06 bits per heavy atom. The second-order valence-electron chi connectivity index (χ2n) is 6.84. The molecule has 7 heteroatoms. The molecule has 5 nitrogen and oxygen atoms in total. The van der Waals surface area contributed by atoms with E-state index >= 15 is 0 Å². The number of carbonyl (C=O) groups is 1. The molecule has 0 atom stereocenters. The molecule has 0 fully saturated rings. The van der Waals surface area contributed by atoms with Gasteiger partial charge in [0.15, 0.2) is 6.61 Å². The van der Waals surface area contributed by atoms with Crippen LogP contribution in [0.1, 0.15) is 22.3 Å². The maximum atomic E-state index is 12.1. The molecular weight excluding hydrogens is 480 g/mol. The van der Waals surface area contributed by atoms with Gasteiger partial charge in [0.25, 0.3) is 5.91 Å². The van der Waals surface area contributed by atoms with Crippen LogP contribution in [0.3, 0.4) is 0 Å². The molecule has 0 saturated carbocycles. The van der Waals surface area contributed by atoms with Crippen LogP contribution in [0.5, 0.6) is 11.5 Å². The standard InChI is InChI=1S/C24H22BrClN2O3/c1-16-12-21(23(25)17(2)24(16)26)31-15-22(29)28-27-13-19-10-6-7-11-20(19)30-14-18-8-4-3-5-9-18/h3-13H,14-15H2,1-2H3,(H,28,29)/b27-13+. The van der Waals surface area contributed by atoms with Crippen molar-refractivity contribution in [2.45, 2.75) is 20.5 Å². The van der Waals surface area contributed by atoms with Crippen LogP contribution in [-0.4, -0.2) is 18.7 Å². The molecule has 160 valence electrons. The summed E-state index contributed by atoms with van der Waals surface area (Å²) in [4.78, 5) is 12.1. The lowest BCUT2D eigenvalue weighted by molar-refractivity contribution is -0.123. The van der Waals surface area contributed by atoms with Crippen LogP contribution >= 0.6 is 27.5 Å². The number of nitrogens with one attached hydrogen (secondary N) is 1. The third kappa shape index (κ3) is 6.32. The first-order valence-electron chi connectivity index (χ1n) is 9.61. The van der Waals surface area contributed by atoms with Crippen molar-refractivity contribution >= 4 is 39.7 Å². The zero-order valence-corrected chi connectivity index (χ0v) is 19.5. The SMILES string of the molecule is Cc1cc(OCC(=O)N/N=C/c2ccccc2OCc2ccccc2)c(Br)c(C)c1Cl. The molecule has 0 saturated heterocycles. The van der Waals surface area contributed by atoms with Crippen molar-refractivity contribution in [2.24, 2.45) is 5.10 Å². The van der Waals surface area contributed by atoms with Crippen molar-refractivity contribution in [3.05, 3.63) is 92.4 Å². The monoisotopic (exact) mass is 500 g/mol. The zero-order chi connectivity index (χ0) is 22.2. The minimum Gasteiger partial charge on any atom is -0.488 e. The molecule has 0 heterocycles. The number of hydrogen-bond acceptors (Lipinski definition) is 4. The molecule has 1 amide bonds. The fourth-order valence-electron chi connectivity index (χ4n) is 2.81. The maximum Gasteiger partial charge on any atom is 0.277 e. The minimum atomic E-state index is -0.379. The van der Waals surface area contributed by atoms with E-state index in [-0.39, 0.29) is 12.5 Å². The summed E-state index contributed by atoms with van der Waals surface area (Å²) in [5.74, 6) is 0.853. The summed E-state index contributed by atoms with van der Waals surface area (Å²) in [7, 11) is 0. The van der Waals surface area contributed by atoms with Crippen molar-refractivity contribution < 1.29 is 14.3 Å². The molecule has 0 unspecified atom stereocenters. The molecule has 0 bridgehead atoms. The molecule has 0 aliphatic rings. The average molecular weight is 502 g/mol. The van der Waals surface area contributed by atoms with Gasteiger partial charge in [-0.15, -0.1) is 0 Å². The molecule has 3 aromatic carbocycles. The van der Waals surface area contributed by atoms with Gasteiger partial charge in [0.05, 0.1) is 10.7 Å². The number of amides is 1. The molecule has 0 aliphatic heterocycles. The van der Waals surface area contributed by atoms with Crippen molar-refractivity contribution in [1.29, 1.82) is 0 Å². The Morgan fingerprint density at radius 3 is 2.55 bits per heavy atom. The number of hydrazone groups is 1. The van der Waals surface area contributed by atoms with Crippen molar-refractivity contribution in [1.82, 2.24) is 5.43 Å². The molecule has 31 heavy (non-hydrogen) atoms. The number of aryl methyl sites for hydroxylation is 1. The minimum absolute atomic E-state index is 0.178. The van der Waals surface area contributed by atoms with Crippen LogP contribution in [0.4, 0.5) is 0 Å². The highest BCUT2D eigenvalue weighted by Crippen LogP contribution is 2.35. The summed E-state index contributed by atoms with van der Waals surface area (Å²) in [5.41, 5.74) is 6.04. The summed E-state index contributed by atoms with van der Waals surface area (Å²) in [6, 6.07) is 19.2. The summed E-state index contributed by atoms with van der Waals surface area (Å²) in [6.07, 6.45) is 1.55. The van der Waals surface area contributed by atoms with Crippen molar-refractivity contribution in [2.75, 3.05) is 6.61 Å². The number of ether oxygens (including phenoxy) is 2. The van der Waals surface area contributed by atoms with Gasteiger partial charge in [0.2, 0.25) is 0 Å². The highest BCUT2D eigenvalue weighted by atomic mass is 79.9. The molecule has 3 rings (SSSR count). The van der Waals surface area contributed by atoms with E-state index in [1.165, 1.54) is 0 Å². The highest BCUT2D eigenvalue weighted by molar-refractivity contribution is 9.10. The Kier molecular flexibility index (Phi) is 8.09. The second kappa shape index (κ2) is 11.0. The number of benzene rings is 3. The Morgan fingerprint density at radius 2 is 1.77 bits per heavy atom. The largest absolute Gasteiger partial charge is 0.488 e. The summed E-state index contributed by atoms with van der Waals surface area (Å²) >= 11 is 9.67. The maximum absolute atomic E-state index is 12.1. The lowest BCUT2D eigenvalue weighted by Crippen LogP contribution is -2.24. The van der Waals surface area contributed by atoms with E-state index in [9.17, 15) is 4.79 Å². The highest BCUT2D eigenvalue weighted by Gasteiger charge is 2.12. The number of carbonyl (C=O) groups excluding carboxylic acids is 1. The molecule has 0 radical (unpaired) electrons. The van der Waals surface area contributed by atoms with Gasteiger partial charge in [-0.05, 0) is 64.7 Å². The predicted octanol–water partition coefficient (Wildman–Crippen LogP) is 5.83. The summed E-state index contributed by atoms with van der Waals surface area (Å²) in [5, 5.41) is 4.69. The fraction of sp³-hybridized carbons (Fsp3) is 0.167. The number of halogens is 2. The smallest absolute Gasteiger partial charge is 0.277 e. The van der Waals surface area contributed by atoms with E-state index < -0.39 is 0 Å². The van der Waals surface area contributed by atoms with E-state index in [0.717, 1.165) is 26.7 Å². The molecule has 0 aromatic heterocycles. The van der Waals surface area contributed by atoms with Gasteiger partial charge in [-0.25, -0.2) is 5.43 Å². The number of rotatable bonds is 8. The predicted molar refractivity (Wildman–Crippen MR) is 127 cm³/mol. The van der Waals surface area contributed by atoms with Crippen LogP contribution in [0.25, 0.3) is 0 Å². The average Bonchev–Trinajstić information content (AvgIpc) is 2.79. The summed E-state index contributed by atoms with van der Waals surface area (Å²) < 4.78 is 12.2. The molecular formula is C24H22BrClN2O3. The van der Waals surface area contributed by atoms with Gasteiger partial charge < -0.3 is 9.47 Å². The molecule has 1 N–H and O–H groups in total. The molecule has 3 aromatic rings. The van der Waals surface area contributed by atoms with E-state index in [4.69, 9.17) is 21.1 Å². The van der Waals surface area contributed by atoms with E-state index in [2.05, 4.69) is 26.5 Å². The topological polar surface area (TPSA) is 59.9 Å². The van der Waals surface area contributed by atoms with Gasteiger partial charge in [0.1, 0.15) is 18.1 Å². The lowest BCUT2D eigenvalue weighted by Gasteiger charge is -2.12. The van der Waals surface area contributed by atoms with Gasteiger partial charge in [-0.2, -0.15) is 5.10 Å². The van der Waals surface area contributed by atoms with Crippen LogP contribution in [0, 0.1) is 13.8 Å². The summed E-state index contributed by atoms with van der Waals surface area (Å²) in [6.45, 7) is 4.04. The van der Waals surface area contributed by atoms with Gasteiger partial charge in [0, 0.05) is 10.6 Å². The van der Waals surface area contributed by atoms with Crippen LogP contribution in [0.15, 0.2) is 70.2 Å². The zero-order valence-electron chi connectivity index (χ0n) is 17.2. The van der Waals surface area contributed by atoms with E-state index in [1.54, 1.807) is 12.3 Å². The van der Waals surface area contributed by atoms with Gasteiger partial charge >= 0.3 is 0 Å². The third-order valence-electron chi connectivity index (χ3n) is 4.48. The lowest BCUT2D eigenvalue weighted by atomic mass is 10.1. The van der Waals surface area contributed by atoms with Crippen LogP contribution in [0.2, 0.25) is 5.02 Å². The third-order valence-corrected chi connectivity index (χ3v) is 6.04. The van der Waals surface area contributed by atoms with Crippen LogP contribution in [-0.2, 0) is 11.4 Å². The number of nitrogens with zero attached hydrogens (tertiary/aromatic N) is 1.